The molecule has 4 nitrogen and oxygen atoms in total. The van der Waals surface area contributed by atoms with E-state index in [2.05, 4.69) is 50.4 Å². The molecule has 1 aliphatic heterocycles. The number of aryl methyl sites for hydroxylation is 1. The fourth-order valence-corrected chi connectivity index (χ4v) is 3.36. The number of nitrogens with one attached hydrogen (secondary N) is 1. The average Bonchev–Trinajstić information content (AvgIpc) is 3.12. The average molecular weight is 363 g/mol. The predicted molar refractivity (Wildman–Crippen MR) is 90.2 cm³/mol. The smallest absolute Gasteiger partial charge is 0.287 e. The second-order valence-corrected chi connectivity index (χ2v) is 6.49. The maximum Gasteiger partial charge on any atom is 0.287 e. The van der Waals surface area contributed by atoms with Crippen LogP contribution in [-0.4, -0.2) is 25.5 Å². The summed E-state index contributed by atoms with van der Waals surface area (Å²) >= 11 is 3.25. The minimum Gasteiger partial charge on any atom is -0.444 e. The monoisotopic (exact) mass is 362 g/mol. The zero-order chi connectivity index (χ0) is 15.5. The third kappa shape index (κ3) is 3.35. The van der Waals surface area contributed by atoms with Crippen LogP contribution < -0.4 is 10.2 Å². The van der Waals surface area contributed by atoms with Gasteiger partial charge in [-0.3, -0.25) is 4.79 Å². The maximum absolute atomic E-state index is 12.1. The van der Waals surface area contributed by atoms with E-state index in [0.717, 1.165) is 25.1 Å². The first-order valence-electron chi connectivity index (χ1n) is 7.47. The number of rotatable bonds is 4. The highest BCUT2D eigenvalue weighted by Crippen LogP contribution is 2.23. The summed E-state index contributed by atoms with van der Waals surface area (Å²) in [5.74, 6) is 0.731. The quantitative estimate of drug-likeness (QED) is 0.903. The lowest BCUT2D eigenvalue weighted by Gasteiger charge is -2.18. The lowest BCUT2D eigenvalue weighted by molar-refractivity contribution is 0.0918. The number of furan rings is 1. The zero-order valence-corrected chi connectivity index (χ0v) is 14.1. The van der Waals surface area contributed by atoms with Gasteiger partial charge in [-0.25, -0.2) is 0 Å². The van der Waals surface area contributed by atoms with Gasteiger partial charge in [-0.1, -0.05) is 18.2 Å². The molecule has 0 aliphatic carbocycles. The second-order valence-electron chi connectivity index (χ2n) is 5.71. The first kappa shape index (κ1) is 15.2. The Kier molecular flexibility index (Phi) is 4.52. The standard InChI is InChI=1S/C17H19BrN2O2/c1-12-9-15(18)22-16(12)17(21)19-10-13-7-8-20(11-13)14-5-3-2-4-6-14/h2-6,9,13H,7-8,10-11H2,1H3,(H,19,21). The van der Waals surface area contributed by atoms with Gasteiger partial charge in [0.2, 0.25) is 0 Å². The summed E-state index contributed by atoms with van der Waals surface area (Å²) in [7, 11) is 0. The normalized spacial score (nSPS) is 17.7. The van der Waals surface area contributed by atoms with Crippen molar-refractivity contribution in [3.63, 3.8) is 0 Å². The Hall–Kier alpha value is -1.75. The summed E-state index contributed by atoms with van der Waals surface area (Å²) in [5.41, 5.74) is 2.10. The maximum atomic E-state index is 12.1. The number of hydrogen-bond acceptors (Lipinski definition) is 3. The summed E-state index contributed by atoms with van der Waals surface area (Å²) in [6.07, 6.45) is 1.09. The van der Waals surface area contributed by atoms with Crippen molar-refractivity contribution in [1.29, 1.82) is 0 Å². The Morgan fingerprint density at radius 1 is 1.41 bits per heavy atom. The molecular formula is C17H19BrN2O2. The minimum absolute atomic E-state index is 0.138. The molecule has 1 saturated heterocycles. The molecule has 0 radical (unpaired) electrons. The highest BCUT2D eigenvalue weighted by molar-refractivity contribution is 9.10. The van der Waals surface area contributed by atoms with E-state index in [0.29, 0.717) is 22.9 Å². The lowest BCUT2D eigenvalue weighted by atomic mass is 10.1. The number of hydrogen-bond donors (Lipinski definition) is 1. The number of halogens is 1. The van der Waals surface area contributed by atoms with Crippen LogP contribution in [0, 0.1) is 12.8 Å². The van der Waals surface area contributed by atoms with E-state index < -0.39 is 0 Å². The summed E-state index contributed by atoms with van der Waals surface area (Å²) in [4.78, 5) is 14.5. The Bertz CT molecular complexity index is 654. The van der Waals surface area contributed by atoms with Gasteiger partial charge in [0, 0.05) is 30.9 Å². The molecule has 1 N–H and O–H groups in total. The SMILES string of the molecule is Cc1cc(Br)oc1C(=O)NCC1CCN(c2ccccc2)C1. The molecule has 0 saturated carbocycles. The molecule has 1 fully saturated rings. The van der Waals surface area contributed by atoms with Crippen molar-refractivity contribution in [3.8, 4) is 0 Å². The van der Waals surface area contributed by atoms with Crippen molar-refractivity contribution in [2.45, 2.75) is 13.3 Å². The van der Waals surface area contributed by atoms with Gasteiger partial charge >= 0.3 is 0 Å². The van der Waals surface area contributed by atoms with Crippen LogP contribution in [-0.2, 0) is 0 Å². The van der Waals surface area contributed by atoms with Gasteiger partial charge in [-0.05, 0) is 53.4 Å². The lowest BCUT2D eigenvalue weighted by Crippen LogP contribution is -2.31. The Balaban J connectivity index is 1.53. The van der Waals surface area contributed by atoms with Crippen LogP contribution in [0.4, 0.5) is 5.69 Å². The molecule has 1 atom stereocenters. The Labute approximate surface area is 138 Å². The largest absolute Gasteiger partial charge is 0.444 e. The van der Waals surface area contributed by atoms with Crippen LogP contribution in [0.25, 0.3) is 0 Å². The molecule has 2 aromatic rings. The van der Waals surface area contributed by atoms with Crippen molar-refractivity contribution in [3.05, 3.63) is 52.4 Å². The van der Waals surface area contributed by atoms with Crippen molar-refractivity contribution < 1.29 is 9.21 Å². The van der Waals surface area contributed by atoms with Gasteiger partial charge in [0.1, 0.15) is 0 Å². The summed E-state index contributed by atoms with van der Waals surface area (Å²) in [5, 5.41) is 2.99. The van der Waals surface area contributed by atoms with E-state index in [1.807, 2.05) is 19.1 Å². The third-order valence-corrected chi connectivity index (χ3v) is 4.44. The molecule has 5 heteroatoms. The molecule has 1 amide bonds. The van der Waals surface area contributed by atoms with E-state index in [9.17, 15) is 4.79 Å². The highest BCUT2D eigenvalue weighted by Gasteiger charge is 2.24. The number of anilines is 1. The number of carbonyl (C=O) groups excluding carboxylic acids is 1. The van der Waals surface area contributed by atoms with Gasteiger partial charge in [0.25, 0.3) is 5.91 Å². The fourth-order valence-electron chi connectivity index (χ4n) is 2.86. The minimum atomic E-state index is -0.138. The van der Waals surface area contributed by atoms with Crippen molar-refractivity contribution >= 4 is 27.5 Å². The van der Waals surface area contributed by atoms with Crippen molar-refractivity contribution in [2.75, 3.05) is 24.5 Å². The van der Waals surface area contributed by atoms with Crippen molar-refractivity contribution in [1.82, 2.24) is 5.32 Å². The molecule has 1 aromatic carbocycles. The molecule has 1 aliphatic rings. The molecule has 2 heterocycles. The fraction of sp³-hybridized carbons (Fsp3) is 0.353. The number of carbonyl (C=O) groups is 1. The zero-order valence-electron chi connectivity index (χ0n) is 12.5. The summed E-state index contributed by atoms with van der Waals surface area (Å²) in [6, 6.07) is 12.2. The first-order valence-corrected chi connectivity index (χ1v) is 8.27. The summed E-state index contributed by atoms with van der Waals surface area (Å²) in [6.45, 7) is 4.57. The Morgan fingerprint density at radius 2 is 2.18 bits per heavy atom. The topological polar surface area (TPSA) is 45.5 Å². The van der Waals surface area contributed by atoms with Crippen LogP contribution in [0.15, 0.2) is 45.5 Å². The first-order chi connectivity index (χ1) is 10.6. The third-order valence-electron chi connectivity index (χ3n) is 4.05. The second kappa shape index (κ2) is 6.57. The van der Waals surface area contributed by atoms with Gasteiger partial charge in [-0.2, -0.15) is 0 Å². The summed E-state index contributed by atoms with van der Waals surface area (Å²) < 4.78 is 5.97. The van der Waals surface area contributed by atoms with Crippen LogP contribution in [0.1, 0.15) is 22.5 Å². The molecule has 0 bridgehead atoms. The van der Waals surface area contributed by atoms with Gasteiger partial charge < -0.3 is 14.6 Å². The van der Waals surface area contributed by atoms with Crippen LogP contribution in [0.5, 0.6) is 0 Å². The van der Waals surface area contributed by atoms with Gasteiger partial charge in [0.15, 0.2) is 10.4 Å². The highest BCUT2D eigenvalue weighted by atomic mass is 79.9. The van der Waals surface area contributed by atoms with Crippen LogP contribution >= 0.6 is 15.9 Å². The molecule has 1 unspecified atom stereocenters. The van der Waals surface area contributed by atoms with Gasteiger partial charge in [-0.15, -0.1) is 0 Å². The number of para-hydroxylation sites is 1. The van der Waals surface area contributed by atoms with E-state index in [1.165, 1.54) is 5.69 Å². The Morgan fingerprint density at radius 3 is 2.86 bits per heavy atom. The molecule has 0 spiro atoms. The van der Waals surface area contributed by atoms with Crippen LogP contribution in [0.3, 0.4) is 0 Å². The van der Waals surface area contributed by atoms with E-state index >= 15 is 0 Å². The van der Waals surface area contributed by atoms with Gasteiger partial charge in [0.05, 0.1) is 0 Å². The molecule has 116 valence electrons. The number of amides is 1. The van der Waals surface area contributed by atoms with E-state index in [4.69, 9.17) is 4.42 Å². The molecule has 3 rings (SSSR count). The molecular weight excluding hydrogens is 344 g/mol. The number of benzene rings is 1. The number of nitrogens with zero attached hydrogens (tertiary/aromatic N) is 1. The predicted octanol–water partition coefficient (Wildman–Crippen LogP) is 3.61. The van der Waals surface area contributed by atoms with Crippen molar-refractivity contribution in [2.24, 2.45) is 5.92 Å². The van der Waals surface area contributed by atoms with Crippen LogP contribution in [0.2, 0.25) is 0 Å². The molecule has 1 aromatic heterocycles. The van der Waals surface area contributed by atoms with E-state index in [1.54, 1.807) is 0 Å². The van der Waals surface area contributed by atoms with E-state index in [-0.39, 0.29) is 5.91 Å². The molecule has 22 heavy (non-hydrogen) atoms.